The molecule has 1 unspecified atom stereocenters. The number of rotatable bonds is 4. The van der Waals surface area contributed by atoms with E-state index in [1.807, 2.05) is 19.9 Å². The number of aromatic nitrogens is 2. The Bertz CT molecular complexity index is 861. The number of nitriles is 1. The number of aliphatic hydroxyl groups excluding tert-OH is 1. The van der Waals surface area contributed by atoms with Gasteiger partial charge in [0.2, 0.25) is 5.91 Å². The van der Waals surface area contributed by atoms with Crippen LogP contribution in [-0.2, 0) is 4.79 Å². The zero-order chi connectivity index (χ0) is 18.8. The number of nitrogens with zero attached hydrogens (tertiary/aromatic N) is 4. The van der Waals surface area contributed by atoms with Gasteiger partial charge in [-0.3, -0.25) is 14.8 Å². The molecule has 2 N–H and O–H groups in total. The van der Waals surface area contributed by atoms with Crippen molar-refractivity contribution in [2.75, 3.05) is 18.0 Å². The molecule has 26 heavy (non-hydrogen) atoms. The molecule has 1 amide bonds. The summed E-state index contributed by atoms with van der Waals surface area (Å²) in [6.45, 7) is 7.08. The number of anilines is 1. The van der Waals surface area contributed by atoms with Crippen molar-refractivity contribution >= 4 is 22.6 Å². The summed E-state index contributed by atoms with van der Waals surface area (Å²) in [5, 5.41) is 22.2. The van der Waals surface area contributed by atoms with Gasteiger partial charge in [-0.05, 0) is 24.0 Å². The van der Waals surface area contributed by atoms with E-state index in [-0.39, 0.29) is 23.8 Å². The molecular formula is C19H23N5O2. The minimum atomic E-state index is -1.00. The van der Waals surface area contributed by atoms with Crippen LogP contribution in [0.2, 0.25) is 0 Å². The normalized spacial score (nSPS) is 21.0. The molecule has 7 nitrogen and oxygen atoms in total. The molecule has 1 saturated heterocycles. The fourth-order valence-electron chi connectivity index (χ4n) is 3.31. The quantitative estimate of drug-likeness (QED) is 0.863. The lowest BCUT2D eigenvalue weighted by Gasteiger charge is -2.22. The topological polar surface area (TPSA) is 102 Å². The van der Waals surface area contributed by atoms with Crippen molar-refractivity contribution in [3.63, 3.8) is 0 Å². The van der Waals surface area contributed by atoms with Crippen LogP contribution in [0.25, 0.3) is 11.0 Å². The molecule has 2 aromatic rings. The van der Waals surface area contributed by atoms with Crippen LogP contribution in [0.3, 0.4) is 0 Å². The summed E-state index contributed by atoms with van der Waals surface area (Å²) in [7, 11) is 0. The third kappa shape index (κ3) is 3.33. The third-order valence-corrected chi connectivity index (χ3v) is 4.91. The van der Waals surface area contributed by atoms with Crippen molar-refractivity contribution in [2.45, 2.75) is 32.9 Å². The minimum Gasteiger partial charge on any atom is -0.383 e. The first kappa shape index (κ1) is 18.1. The van der Waals surface area contributed by atoms with Gasteiger partial charge < -0.3 is 15.3 Å². The molecule has 0 spiro atoms. The Kier molecular flexibility index (Phi) is 5.05. The van der Waals surface area contributed by atoms with E-state index in [0.29, 0.717) is 23.1 Å². The Labute approximate surface area is 152 Å². The number of hydrogen-bond donors (Lipinski definition) is 2. The molecule has 0 aliphatic carbocycles. The molecular weight excluding hydrogens is 330 g/mol. The van der Waals surface area contributed by atoms with E-state index in [9.17, 15) is 15.2 Å². The maximum absolute atomic E-state index is 12.2. The number of aliphatic hydroxyl groups is 1. The summed E-state index contributed by atoms with van der Waals surface area (Å²) in [4.78, 5) is 23.0. The highest BCUT2D eigenvalue weighted by Gasteiger charge is 2.33. The fraction of sp³-hybridized carbons (Fsp3) is 0.474. The van der Waals surface area contributed by atoms with Crippen molar-refractivity contribution in [1.82, 2.24) is 15.3 Å². The second-order valence-corrected chi connectivity index (χ2v) is 7.18. The molecule has 1 aromatic carbocycles. The van der Waals surface area contributed by atoms with Gasteiger partial charge in [-0.25, -0.2) is 0 Å². The summed E-state index contributed by atoms with van der Waals surface area (Å²) < 4.78 is 0. The van der Waals surface area contributed by atoms with Gasteiger partial charge in [0, 0.05) is 25.5 Å². The first-order valence-corrected chi connectivity index (χ1v) is 8.79. The highest BCUT2D eigenvalue weighted by atomic mass is 16.3. The Balaban J connectivity index is 1.83. The molecule has 1 fully saturated rings. The van der Waals surface area contributed by atoms with Gasteiger partial charge in [-0.1, -0.05) is 20.8 Å². The second-order valence-electron chi connectivity index (χ2n) is 7.18. The van der Waals surface area contributed by atoms with Gasteiger partial charge in [0.25, 0.3) is 0 Å². The first-order valence-electron chi connectivity index (χ1n) is 8.79. The predicted octanol–water partition coefficient (Wildman–Crippen LogP) is 1.46. The molecule has 7 heteroatoms. The SMILES string of the molecule is CC(C)[C@H](O)C(=O)NC1CN(c2ccc(C#N)c3nccnc23)C[C@H]1C. The Morgan fingerprint density at radius 2 is 2.00 bits per heavy atom. The predicted molar refractivity (Wildman–Crippen MR) is 98.4 cm³/mol. The summed E-state index contributed by atoms with van der Waals surface area (Å²) in [6.07, 6.45) is 2.19. The number of fused-ring (bicyclic) bond motifs is 1. The van der Waals surface area contributed by atoms with Gasteiger partial charge in [-0.15, -0.1) is 0 Å². The maximum atomic E-state index is 12.2. The highest BCUT2D eigenvalue weighted by Crippen LogP contribution is 2.30. The van der Waals surface area contributed by atoms with Crippen LogP contribution in [0.5, 0.6) is 0 Å². The van der Waals surface area contributed by atoms with Crippen molar-refractivity contribution in [3.8, 4) is 6.07 Å². The Hall–Kier alpha value is -2.72. The number of hydrogen-bond acceptors (Lipinski definition) is 6. The van der Waals surface area contributed by atoms with E-state index < -0.39 is 6.10 Å². The van der Waals surface area contributed by atoms with Gasteiger partial charge in [0.1, 0.15) is 23.2 Å². The highest BCUT2D eigenvalue weighted by molar-refractivity contribution is 5.92. The fourth-order valence-corrected chi connectivity index (χ4v) is 3.31. The van der Waals surface area contributed by atoms with Crippen LogP contribution < -0.4 is 10.2 Å². The van der Waals surface area contributed by atoms with Gasteiger partial charge >= 0.3 is 0 Å². The zero-order valence-corrected chi connectivity index (χ0v) is 15.2. The molecule has 1 aliphatic heterocycles. The van der Waals surface area contributed by atoms with Crippen molar-refractivity contribution < 1.29 is 9.90 Å². The smallest absolute Gasteiger partial charge is 0.249 e. The van der Waals surface area contributed by atoms with Crippen LogP contribution in [0.1, 0.15) is 26.3 Å². The summed E-state index contributed by atoms with van der Waals surface area (Å²) in [6, 6.07) is 5.73. The average molecular weight is 353 g/mol. The minimum absolute atomic E-state index is 0.0572. The number of nitrogens with one attached hydrogen (secondary N) is 1. The van der Waals surface area contributed by atoms with Crippen molar-refractivity contribution in [1.29, 1.82) is 5.26 Å². The van der Waals surface area contributed by atoms with E-state index in [1.165, 1.54) is 0 Å². The average Bonchev–Trinajstić information content (AvgIpc) is 3.00. The maximum Gasteiger partial charge on any atom is 0.249 e. The molecule has 1 aromatic heterocycles. The van der Waals surface area contributed by atoms with Crippen molar-refractivity contribution in [2.24, 2.45) is 11.8 Å². The largest absolute Gasteiger partial charge is 0.383 e. The first-order chi connectivity index (χ1) is 12.4. The number of benzene rings is 1. The number of carbonyl (C=O) groups is 1. The zero-order valence-electron chi connectivity index (χ0n) is 15.2. The number of carbonyl (C=O) groups excluding carboxylic acids is 1. The van der Waals surface area contributed by atoms with E-state index in [0.717, 1.165) is 12.2 Å². The summed E-state index contributed by atoms with van der Waals surface area (Å²) >= 11 is 0. The molecule has 2 heterocycles. The molecule has 136 valence electrons. The lowest BCUT2D eigenvalue weighted by atomic mass is 10.0. The van der Waals surface area contributed by atoms with Crippen LogP contribution in [0.15, 0.2) is 24.5 Å². The lowest BCUT2D eigenvalue weighted by molar-refractivity contribution is -0.132. The van der Waals surface area contributed by atoms with E-state index in [2.05, 4.69) is 33.2 Å². The Morgan fingerprint density at radius 3 is 2.65 bits per heavy atom. The monoisotopic (exact) mass is 353 g/mol. The standard InChI is InChI=1S/C19H23N5O2/c1-11(2)18(25)19(26)23-14-10-24(9-12(14)3)15-5-4-13(8-20)16-17(15)22-7-6-21-16/h4-7,11-12,14,18,25H,9-10H2,1-3H3,(H,23,26)/t12-,14?,18+/m1/s1. The number of amides is 1. The van der Waals surface area contributed by atoms with Crippen LogP contribution in [0.4, 0.5) is 5.69 Å². The van der Waals surface area contributed by atoms with Gasteiger partial charge in [0.05, 0.1) is 17.3 Å². The van der Waals surface area contributed by atoms with Gasteiger partial charge in [0.15, 0.2) is 0 Å². The molecule has 1 aliphatic rings. The third-order valence-electron chi connectivity index (χ3n) is 4.91. The summed E-state index contributed by atoms with van der Waals surface area (Å²) in [5.74, 6) is -0.232. The molecule has 0 radical (unpaired) electrons. The Morgan fingerprint density at radius 1 is 1.31 bits per heavy atom. The second kappa shape index (κ2) is 7.26. The van der Waals surface area contributed by atoms with Crippen LogP contribution in [0, 0.1) is 23.2 Å². The molecule has 0 bridgehead atoms. The van der Waals surface area contributed by atoms with Gasteiger partial charge in [-0.2, -0.15) is 5.26 Å². The lowest BCUT2D eigenvalue weighted by Crippen LogP contribution is -2.46. The molecule has 3 rings (SSSR count). The van der Waals surface area contributed by atoms with E-state index >= 15 is 0 Å². The molecule has 0 saturated carbocycles. The van der Waals surface area contributed by atoms with E-state index in [1.54, 1.807) is 18.5 Å². The van der Waals surface area contributed by atoms with Crippen LogP contribution >= 0.6 is 0 Å². The summed E-state index contributed by atoms with van der Waals surface area (Å²) in [5.41, 5.74) is 2.67. The molecule has 3 atom stereocenters. The van der Waals surface area contributed by atoms with E-state index in [4.69, 9.17) is 0 Å². The van der Waals surface area contributed by atoms with Crippen LogP contribution in [-0.4, -0.2) is 46.2 Å². The van der Waals surface area contributed by atoms with Crippen molar-refractivity contribution in [3.05, 3.63) is 30.1 Å².